The molecule has 1 aliphatic carbocycles. The number of ether oxygens (including phenoxy) is 1. The summed E-state index contributed by atoms with van der Waals surface area (Å²) >= 11 is 2.29. The average molecular weight is 489 g/mol. The first-order valence-corrected chi connectivity index (χ1v) is 12.2. The van der Waals surface area contributed by atoms with Crippen LogP contribution in [0.5, 0.6) is 0 Å². The Morgan fingerprint density at radius 1 is 1.21 bits per heavy atom. The van der Waals surface area contributed by atoms with Crippen LogP contribution >= 0.6 is 23.1 Å². The summed E-state index contributed by atoms with van der Waals surface area (Å²) in [6, 6.07) is 0.855. The van der Waals surface area contributed by atoms with E-state index in [1.54, 1.807) is 6.08 Å². The predicted octanol–water partition coefficient (Wildman–Crippen LogP) is 4.33. The van der Waals surface area contributed by atoms with Crippen molar-refractivity contribution in [1.82, 2.24) is 9.47 Å². The van der Waals surface area contributed by atoms with Crippen LogP contribution in [-0.4, -0.2) is 50.8 Å². The van der Waals surface area contributed by atoms with Crippen molar-refractivity contribution in [2.45, 2.75) is 52.5 Å². The Hall–Kier alpha value is -2.85. The summed E-state index contributed by atoms with van der Waals surface area (Å²) in [6.45, 7) is 5.20. The van der Waals surface area contributed by atoms with Crippen molar-refractivity contribution in [2.24, 2.45) is 0 Å². The van der Waals surface area contributed by atoms with Gasteiger partial charge in [-0.25, -0.2) is 9.59 Å². The highest BCUT2D eigenvalue weighted by atomic mass is 32.2. The van der Waals surface area contributed by atoms with Gasteiger partial charge in [0.15, 0.2) is 0 Å². The summed E-state index contributed by atoms with van der Waals surface area (Å²) in [5.41, 5.74) is 3.62. The molecule has 33 heavy (non-hydrogen) atoms. The van der Waals surface area contributed by atoms with E-state index >= 15 is 0 Å². The van der Waals surface area contributed by atoms with E-state index in [9.17, 15) is 24.3 Å². The lowest BCUT2D eigenvalue weighted by Crippen LogP contribution is -2.42. The van der Waals surface area contributed by atoms with Gasteiger partial charge in [0.05, 0.1) is 17.6 Å². The van der Waals surface area contributed by atoms with Crippen molar-refractivity contribution in [3.63, 3.8) is 0 Å². The molecule has 0 bridgehead atoms. The molecular weight excluding hydrogens is 464 g/mol. The molecule has 174 valence electrons. The maximum absolute atomic E-state index is 12.9. The van der Waals surface area contributed by atoms with Crippen LogP contribution in [0.25, 0.3) is 11.1 Å². The number of esters is 1. The number of carboxylic acids is 1. The number of fused-ring (bicyclic) bond motifs is 1. The summed E-state index contributed by atoms with van der Waals surface area (Å²) in [6.07, 6.45) is 5.32. The van der Waals surface area contributed by atoms with E-state index in [2.05, 4.69) is 4.74 Å². The van der Waals surface area contributed by atoms with Crippen molar-refractivity contribution >= 4 is 52.3 Å². The SMILES string of the molecule is COC(=O)[C@H](C)N1C(=O)S/C(=C/c2cc(C)n(-c3sc4c(c3C(=O)O)CCCC4)c2C)C1=O. The predicted molar refractivity (Wildman–Crippen MR) is 126 cm³/mol. The average Bonchev–Trinajstić information content (AvgIpc) is 3.38. The van der Waals surface area contributed by atoms with Gasteiger partial charge in [-0.15, -0.1) is 11.3 Å². The fourth-order valence-corrected chi connectivity index (χ4v) is 6.80. The number of rotatable bonds is 5. The van der Waals surface area contributed by atoms with Crippen LogP contribution in [0.1, 0.15) is 57.5 Å². The number of hydrogen-bond donors (Lipinski definition) is 1. The Bertz CT molecular complexity index is 1220. The Labute approximate surface area is 199 Å². The molecule has 3 heterocycles. The molecule has 2 aromatic rings. The summed E-state index contributed by atoms with van der Waals surface area (Å²) in [5.74, 6) is -2.15. The molecule has 1 aliphatic heterocycles. The second-order valence-corrected chi connectivity index (χ2v) is 10.2. The molecule has 4 rings (SSSR count). The zero-order valence-electron chi connectivity index (χ0n) is 18.8. The van der Waals surface area contributed by atoms with E-state index < -0.39 is 29.1 Å². The zero-order chi connectivity index (χ0) is 24.0. The van der Waals surface area contributed by atoms with Gasteiger partial charge in [-0.3, -0.25) is 14.5 Å². The summed E-state index contributed by atoms with van der Waals surface area (Å²) in [4.78, 5) is 51.5. The molecule has 1 fully saturated rings. The highest BCUT2D eigenvalue weighted by Gasteiger charge is 2.41. The molecular formula is C23H24N2O6S2. The molecule has 2 aliphatic rings. The molecule has 0 unspecified atom stereocenters. The topological polar surface area (TPSA) is 106 Å². The number of nitrogens with zero attached hydrogens (tertiary/aromatic N) is 2. The van der Waals surface area contributed by atoms with Crippen molar-refractivity contribution < 1.29 is 29.0 Å². The minimum absolute atomic E-state index is 0.208. The highest BCUT2D eigenvalue weighted by molar-refractivity contribution is 8.18. The molecule has 8 nitrogen and oxygen atoms in total. The van der Waals surface area contributed by atoms with Gasteiger partial charge in [0.25, 0.3) is 11.1 Å². The van der Waals surface area contributed by atoms with E-state index in [0.717, 1.165) is 64.2 Å². The molecule has 0 aromatic carbocycles. The van der Waals surface area contributed by atoms with E-state index in [4.69, 9.17) is 0 Å². The van der Waals surface area contributed by atoms with Gasteiger partial charge < -0.3 is 14.4 Å². The van der Waals surface area contributed by atoms with Gasteiger partial charge in [0.2, 0.25) is 0 Å². The molecule has 1 N–H and O–H groups in total. The highest BCUT2D eigenvalue weighted by Crippen LogP contribution is 2.40. The fourth-order valence-electron chi connectivity index (χ4n) is 4.41. The third-order valence-electron chi connectivity index (χ3n) is 6.08. The van der Waals surface area contributed by atoms with Gasteiger partial charge in [0.1, 0.15) is 11.0 Å². The Balaban J connectivity index is 1.75. The van der Waals surface area contributed by atoms with Crippen LogP contribution in [0.4, 0.5) is 4.79 Å². The zero-order valence-corrected chi connectivity index (χ0v) is 20.4. The second kappa shape index (κ2) is 8.83. The van der Waals surface area contributed by atoms with Gasteiger partial charge >= 0.3 is 11.9 Å². The first-order chi connectivity index (χ1) is 15.6. The Kier molecular flexibility index (Phi) is 6.24. The normalized spacial score (nSPS) is 18.1. The lowest BCUT2D eigenvalue weighted by molar-refractivity contribution is -0.148. The largest absolute Gasteiger partial charge is 0.478 e. The van der Waals surface area contributed by atoms with E-state index in [0.29, 0.717) is 16.1 Å². The lowest BCUT2D eigenvalue weighted by atomic mass is 9.95. The number of carbonyl (C=O) groups excluding carboxylic acids is 3. The molecule has 0 spiro atoms. The van der Waals surface area contributed by atoms with Crippen LogP contribution in [-0.2, 0) is 27.2 Å². The van der Waals surface area contributed by atoms with Crippen molar-refractivity contribution in [3.8, 4) is 5.00 Å². The van der Waals surface area contributed by atoms with Crippen molar-refractivity contribution in [1.29, 1.82) is 0 Å². The maximum Gasteiger partial charge on any atom is 0.339 e. The fraction of sp³-hybridized carbons (Fsp3) is 0.391. The first kappa shape index (κ1) is 23.3. The minimum atomic E-state index is -1.02. The molecule has 1 saturated heterocycles. The lowest BCUT2D eigenvalue weighted by Gasteiger charge is -2.18. The number of thioether (sulfide) groups is 1. The maximum atomic E-state index is 12.9. The van der Waals surface area contributed by atoms with Crippen LogP contribution < -0.4 is 0 Å². The molecule has 0 radical (unpaired) electrons. The number of imide groups is 1. The number of amides is 2. The number of aromatic carboxylic acids is 1. The van der Waals surface area contributed by atoms with Gasteiger partial charge in [0, 0.05) is 16.3 Å². The number of aromatic nitrogens is 1. The number of aryl methyl sites for hydroxylation is 2. The van der Waals surface area contributed by atoms with Crippen LogP contribution in [0, 0.1) is 13.8 Å². The van der Waals surface area contributed by atoms with Gasteiger partial charge in [-0.05, 0) is 81.5 Å². The standard InChI is InChI=1S/C23H24N2O6S2/c1-11-9-14(10-17-19(26)25(23(30)33-17)13(3)22(29)31-4)12(2)24(11)20-18(21(27)28)15-7-5-6-8-16(15)32-20/h9-10,13H,5-8H2,1-4H3,(H,27,28)/b17-10+/t13-/m0/s1. The number of carbonyl (C=O) groups is 4. The molecule has 2 aromatic heterocycles. The number of methoxy groups -OCH3 is 1. The van der Waals surface area contributed by atoms with Crippen LogP contribution in [0.2, 0.25) is 0 Å². The summed E-state index contributed by atoms with van der Waals surface area (Å²) < 4.78 is 6.58. The molecule has 1 atom stereocenters. The number of hydrogen-bond acceptors (Lipinski definition) is 7. The third-order valence-corrected chi connectivity index (χ3v) is 8.24. The molecule has 10 heteroatoms. The molecule has 2 amide bonds. The van der Waals surface area contributed by atoms with Gasteiger partial charge in [-0.2, -0.15) is 0 Å². The van der Waals surface area contributed by atoms with Crippen LogP contribution in [0.15, 0.2) is 11.0 Å². The number of thiophene rings is 1. The van der Waals surface area contributed by atoms with E-state index in [-0.39, 0.29) is 4.91 Å². The number of carboxylic acid groups (broad SMARTS) is 1. The minimum Gasteiger partial charge on any atom is -0.478 e. The van der Waals surface area contributed by atoms with E-state index in [1.807, 2.05) is 24.5 Å². The first-order valence-electron chi connectivity index (χ1n) is 10.6. The summed E-state index contributed by atoms with van der Waals surface area (Å²) in [5, 5.41) is 10.1. The van der Waals surface area contributed by atoms with Crippen molar-refractivity contribution in [3.05, 3.63) is 43.9 Å². The smallest absolute Gasteiger partial charge is 0.339 e. The monoisotopic (exact) mass is 488 g/mol. The quantitative estimate of drug-likeness (QED) is 0.493. The summed E-state index contributed by atoms with van der Waals surface area (Å²) in [7, 11) is 1.20. The third kappa shape index (κ3) is 3.91. The second-order valence-electron chi connectivity index (χ2n) is 8.11. The van der Waals surface area contributed by atoms with E-state index in [1.165, 1.54) is 25.4 Å². The Morgan fingerprint density at radius 3 is 2.58 bits per heavy atom. The Morgan fingerprint density at radius 2 is 1.91 bits per heavy atom. The van der Waals surface area contributed by atoms with Gasteiger partial charge in [-0.1, -0.05) is 0 Å². The molecule has 0 saturated carbocycles. The van der Waals surface area contributed by atoms with Crippen molar-refractivity contribution in [2.75, 3.05) is 7.11 Å². The van der Waals surface area contributed by atoms with Crippen LogP contribution in [0.3, 0.4) is 0 Å².